The summed E-state index contributed by atoms with van der Waals surface area (Å²) in [6, 6.07) is 0. The van der Waals surface area contributed by atoms with Crippen molar-refractivity contribution in [2.24, 2.45) is 0 Å². The van der Waals surface area contributed by atoms with Crippen LogP contribution < -0.4 is 29.6 Å². The first-order valence-corrected chi connectivity index (χ1v) is 0.993. The number of carbonyl (C=O) groups excluding carboxylic acids is 1. The third kappa shape index (κ3) is 65.6. The zero-order valence-electron chi connectivity index (χ0n) is 3.49. The zero-order chi connectivity index (χ0) is 3.58. The van der Waals surface area contributed by atoms with Crippen LogP contribution in [0.1, 0.15) is 6.92 Å². The molecule has 1 nitrogen and oxygen atoms in total. The quantitative estimate of drug-likeness (QED) is 0.277. The second kappa shape index (κ2) is 4.73. The van der Waals surface area contributed by atoms with Gasteiger partial charge in [-0.3, -0.25) is 0 Å². The summed E-state index contributed by atoms with van der Waals surface area (Å²) in [4.78, 5) is 9.22. The summed E-state index contributed by atoms with van der Waals surface area (Å²) < 4.78 is 0. The largest absolute Gasteiger partial charge is 1.00 e. The van der Waals surface area contributed by atoms with Crippen molar-refractivity contribution in [2.75, 3.05) is 0 Å². The average molecular weight is 76.8 g/mol. The minimum absolute atomic E-state index is 0. The summed E-state index contributed by atoms with van der Waals surface area (Å²) in [5.74, 6) is 0. The van der Waals surface area contributed by atoms with Gasteiger partial charge in [0.15, 0.2) is 0 Å². The first kappa shape index (κ1) is 9.22. The molecule has 0 fully saturated rings. The molecule has 0 aromatic heterocycles. The van der Waals surface area contributed by atoms with Gasteiger partial charge in [0.25, 0.3) is 0 Å². The van der Waals surface area contributed by atoms with Crippen LogP contribution in [0.3, 0.4) is 0 Å². The summed E-state index contributed by atoms with van der Waals surface area (Å²) in [7, 11) is 4.47. The van der Waals surface area contributed by atoms with Gasteiger partial charge in [-0.1, -0.05) is 6.92 Å². The fraction of sp³-hybridized carbons (Fsp3) is 0.500. The second-order valence-electron chi connectivity index (χ2n) is 0.611. The van der Waals surface area contributed by atoms with E-state index >= 15 is 0 Å². The van der Waals surface area contributed by atoms with E-state index < -0.39 is 0 Å². The molecule has 5 heavy (non-hydrogen) atoms. The molecule has 0 amide bonds. The zero-order valence-corrected chi connectivity index (χ0v) is 5.49. The number of hydrogen-bond acceptors (Lipinski definition) is 1. The molecule has 0 aromatic carbocycles. The van der Waals surface area contributed by atoms with Crippen LogP contribution >= 0.6 is 0 Å². The second-order valence-corrected chi connectivity index (χ2v) is 0.611. The Bertz CT molecular complexity index is 32.6. The van der Waals surface area contributed by atoms with E-state index in [2.05, 4.69) is 7.85 Å². The molecule has 0 aliphatic carbocycles. The minimum Gasteiger partial charge on any atom is -0.528 e. The predicted molar refractivity (Wildman–Crippen MR) is 16.4 cm³/mol. The molecule has 0 bridgehead atoms. The van der Waals surface area contributed by atoms with Crippen LogP contribution in [0.2, 0.25) is 0 Å². The molecule has 0 heterocycles. The predicted octanol–water partition coefficient (Wildman–Crippen LogP) is -3.29. The minimum atomic E-state index is -0.333. The van der Waals surface area contributed by atoms with E-state index in [-0.39, 0.29) is 35.2 Å². The maximum absolute atomic E-state index is 9.22. The van der Waals surface area contributed by atoms with Crippen molar-refractivity contribution in [2.45, 2.75) is 6.92 Å². The Morgan fingerprint density at radius 3 is 1.80 bits per heavy atom. The molecule has 0 atom stereocenters. The van der Waals surface area contributed by atoms with E-state index in [4.69, 9.17) is 0 Å². The molecule has 0 spiro atoms. The molecule has 0 saturated heterocycles. The first-order valence-electron chi connectivity index (χ1n) is 0.993. The van der Waals surface area contributed by atoms with E-state index in [1.807, 2.05) is 0 Å². The third-order valence-electron chi connectivity index (χ3n) is 0. The van der Waals surface area contributed by atoms with E-state index in [0.29, 0.717) is 0 Å². The molecular weight excluding hydrogens is 73.8 g/mol. The Balaban J connectivity index is 0. The van der Waals surface area contributed by atoms with Crippen molar-refractivity contribution in [1.29, 1.82) is 0 Å². The van der Waals surface area contributed by atoms with Crippen LogP contribution in [-0.4, -0.2) is 13.5 Å². The molecule has 0 aliphatic rings. The van der Waals surface area contributed by atoms with Gasteiger partial charge in [-0.2, -0.15) is 0 Å². The molecule has 0 rings (SSSR count). The van der Waals surface area contributed by atoms with Crippen LogP contribution in [0, 0.1) is 0 Å². The van der Waals surface area contributed by atoms with Gasteiger partial charge >= 0.3 is 29.6 Å². The Labute approximate surface area is 54.8 Å². The maximum Gasteiger partial charge on any atom is 1.00 e. The molecule has 0 aromatic rings. The van der Waals surface area contributed by atoms with Crippen molar-refractivity contribution >= 4 is 13.5 Å². The molecule has 21 valence electrons. The van der Waals surface area contributed by atoms with E-state index in [9.17, 15) is 4.79 Å². The summed E-state index contributed by atoms with van der Waals surface area (Å²) in [5.41, 5.74) is -0.333. The summed E-state index contributed by atoms with van der Waals surface area (Å²) in [6.45, 7) is 1.31. The normalized spacial score (nSPS) is 5.20. The van der Waals surface area contributed by atoms with Crippen LogP contribution in [0.15, 0.2) is 0 Å². The van der Waals surface area contributed by atoms with Gasteiger partial charge in [0, 0.05) is 0 Å². The van der Waals surface area contributed by atoms with Crippen LogP contribution in [0.25, 0.3) is 0 Å². The van der Waals surface area contributed by atoms with Crippen molar-refractivity contribution in [1.82, 2.24) is 0 Å². The van der Waals surface area contributed by atoms with Crippen LogP contribution in [0.5, 0.6) is 0 Å². The monoisotopic (exact) mass is 77.0 g/mol. The van der Waals surface area contributed by atoms with Gasteiger partial charge in [-0.05, 0) is 0 Å². The van der Waals surface area contributed by atoms with Crippen molar-refractivity contribution in [3.05, 3.63) is 0 Å². The van der Waals surface area contributed by atoms with Gasteiger partial charge in [0.05, 0.1) is 0 Å². The Morgan fingerprint density at radius 1 is 1.80 bits per heavy atom. The number of carbonyl (C=O) groups is 1. The average Bonchev–Trinajstić information content (AvgIpc) is 0.811. The van der Waals surface area contributed by atoms with Gasteiger partial charge in [-0.15, -0.1) is 5.68 Å². The van der Waals surface area contributed by atoms with Gasteiger partial charge in [0.2, 0.25) is 0 Å². The van der Waals surface area contributed by atoms with Crippen molar-refractivity contribution in [3.63, 3.8) is 0 Å². The number of hydrogen-bond donors (Lipinski definition) is 0. The molecule has 0 saturated carbocycles. The van der Waals surface area contributed by atoms with E-state index in [1.54, 1.807) is 0 Å². The van der Waals surface area contributed by atoms with Crippen molar-refractivity contribution in [3.8, 4) is 0 Å². The molecule has 3 heteroatoms. The third-order valence-corrected chi connectivity index (χ3v) is 0. The van der Waals surface area contributed by atoms with E-state index in [0.717, 1.165) is 0 Å². The summed E-state index contributed by atoms with van der Waals surface area (Å²) in [5, 5.41) is 0. The Hall–Kier alpha value is 0.735. The van der Waals surface area contributed by atoms with Crippen molar-refractivity contribution < 1.29 is 34.4 Å². The smallest absolute Gasteiger partial charge is 0.528 e. The molecular formula is C2H3BNaO. The fourth-order valence-electron chi connectivity index (χ4n) is 0. The van der Waals surface area contributed by atoms with E-state index in [1.165, 1.54) is 6.92 Å². The van der Waals surface area contributed by atoms with Crippen LogP contribution in [0.4, 0.5) is 0 Å². The Morgan fingerprint density at radius 2 is 1.80 bits per heavy atom. The molecule has 0 aliphatic heterocycles. The van der Waals surface area contributed by atoms with Gasteiger partial charge in [-0.25, -0.2) is 0 Å². The summed E-state index contributed by atoms with van der Waals surface area (Å²) >= 11 is 0. The Kier molecular flexibility index (Phi) is 8.73. The molecule has 0 N–H and O–H groups in total. The SMILES string of the molecule is [B-]C(C)=O.[Na+]. The summed E-state index contributed by atoms with van der Waals surface area (Å²) in [6.07, 6.45) is 0. The van der Waals surface area contributed by atoms with Gasteiger partial charge in [0.1, 0.15) is 0 Å². The fourth-order valence-corrected chi connectivity index (χ4v) is 0. The van der Waals surface area contributed by atoms with Gasteiger partial charge < -0.3 is 12.6 Å². The molecule has 3 radical (unpaired) electrons. The molecule has 0 unspecified atom stereocenters. The first-order chi connectivity index (χ1) is 1.73. The standard InChI is InChI=1S/C2H3BO.Na/c1-2(3)4;/h1H3;/q-1;+1. The maximum atomic E-state index is 9.22. The topological polar surface area (TPSA) is 17.1 Å². The van der Waals surface area contributed by atoms with Crippen LogP contribution in [-0.2, 0) is 4.79 Å². The number of rotatable bonds is 0.